The molecule has 17 heavy (non-hydrogen) atoms. The van der Waals surface area contributed by atoms with Gasteiger partial charge in [0, 0.05) is 0 Å². The van der Waals surface area contributed by atoms with Crippen LogP contribution in [0.3, 0.4) is 0 Å². The second-order valence-electron chi connectivity index (χ2n) is 3.30. The van der Waals surface area contributed by atoms with Crippen LogP contribution < -0.4 is 10.2 Å². The van der Waals surface area contributed by atoms with Gasteiger partial charge >= 0.3 is 12.3 Å². The maximum absolute atomic E-state index is 12.0. The summed E-state index contributed by atoms with van der Waals surface area (Å²) in [5.41, 5.74) is 0.515. The number of benzene rings is 1. The van der Waals surface area contributed by atoms with Crippen molar-refractivity contribution in [2.75, 3.05) is 6.61 Å². The zero-order valence-electron chi connectivity index (χ0n) is 9.30. The predicted octanol–water partition coefficient (Wildman–Crippen LogP) is 1.02. The molecule has 0 aliphatic heterocycles. The second kappa shape index (κ2) is 5.12. The van der Waals surface area contributed by atoms with Gasteiger partial charge in [-0.15, -0.1) is 13.2 Å². The first-order valence-electron chi connectivity index (χ1n) is 4.86. The summed E-state index contributed by atoms with van der Waals surface area (Å²) in [5.74, 6) is -1.11. The Labute approximate surface area is 96.9 Å². The third-order valence-corrected chi connectivity index (χ3v) is 1.80. The van der Waals surface area contributed by atoms with Crippen LogP contribution in [-0.2, 0) is 4.74 Å². The number of hydrogen-bond acceptors (Lipinski definition) is 3. The highest BCUT2D eigenvalue weighted by molar-refractivity contribution is 6.32. The topological polar surface area (TPSA) is 35.5 Å². The summed E-state index contributed by atoms with van der Waals surface area (Å²) in [6, 6.07) is 3.62. The summed E-state index contributed by atoms with van der Waals surface area (Å²) >= 11 is 0. The Bertz CT molecular complexity index is 418. The zero-order valence-corrected chi connectivity index (χ0v) is 9.30. The Morgan fingerprint density at radius 1 is 1.35 bits per heavy atom. The van der Waals surface area contributed by atoms with Crippen molar-refractivity contribution in [2.45, 2.75) is 13.3 Å². The van der Waals surface area contributed by atoms with Crippen LogP contribution in [0.2, 0.25) is 0 Å². The summed E-state index contributed by atoms with van der Waals surface area (Å²) in [7, 11) is 1.56. The van der Waals surface area contributed by atoms with E-state index in [1.54, 1.807) is 14.8 Å². The molecule has 0 saturated carbocycles. The molecule has 0 fully saturated rings. The van der Waals surface area contributed by atoms with E-state index in [0.29, 0.717) is 5.46 Å². The molecule has 0 bridgehead atoms. The highest BCUT2D eigenvalue weighted by atomic mass is 19.4. The van der Waals surface area contributed by atoms with Gasteiger partial charge in [0.05, 0.1) is 12.2 Å². The Balaban J connectivity index is 2.98. The van der Waals surface area contributed by atoms with Crippen molar-refractivity contribution < 1.29 is 27.4 Å². The van der Waals surface area contributed by atoms with Crippen molar-refractivity contribution in [1.82, 2.24) is 0 Å². The van der Waals surface area contributed by atoms with Gasteiger partial charge < -0.3 is 9.47 Å². The Kier molecular flexibility index (Phi) is 4.04. The maximum atomic E-state index is 12.0. The minimum absolute atomic E-state index is 0.0334. The van der Waals surface area contributed by atoms with E-state index in [0.717, 1.165) is 6.07 Å². The van der Waals surface area contributed by atoms with E-state index in [-0.39, 0.29) is 12.2 Å². The molecule has 1 aromatic carbocycles. The molecule has 0 aromatic heterocycles. The molecule has 1 aromatic rings. The van der Waals surface area contributed by atoms with Crippen LogP contribution in [0.25, 0.3) is 0 Å². The summed E-state index contributed by atoms with van der Waals surface area (Å²) in [4.78, 5) is 11.4. The molecular formula is C10H10BF3O3. The van der Waals surface area contributed by atoms with E-state index in [2.05, 4.69) is 4.74 Å². The van der Waals surface area contributed by atoms with Crippen molar-refractivity contribution in [3.8, 4) is 5.75 Å². The molecule has 1 rings (SSSR count). The standard InChI is InChI=1S/C10H10BF3O3/c1-2-16-9(15)6-3-7(11)5-8(4-6)17-10(12,13)14/h3-5H,2,11H2,1H3. The largest absolute Gasteiger partial charge is 0.573 e. The average Bonchev–Trinajstić information content (AvgIpc) is 2.14. The van der Waals surface area contributed by atoms with Gasteiger partial charge in [-0.1, -0.05) is 11.5 Å². The molecule has 0 unspecified atom stereocenters. The van der Waals surface area contributed by atoms with Crippen molar-refractivity contribution in [1.29, 1.82) is 0 Å². The Hall–Kier alpha value is -1.66. The van der Waals surface area contributed by atoms with Crippen LogP contribution in [0.1, 0.15) is 17.3 Å². The van der Waals surface area contributed by atoms with Crippen molar-refractivity contribution in [3.63, 3.8) is 0 Å². The van der Waals surface area contributed by atoms with Gasteiger partial charge in [-0.3, -0.25) is 0 Å². The first kappa shape index (κ1) is 13.4. The van der Waals surface area contributed by atoms with Crippen LogP contribution in [0, 0.1) is 0 Å². The first-order valence-corrected chi connectivity index (χ1v) is 4.86. The summed E-state index contributed by atoms with van der Waals surface area (Å²) in [5, 5.41) is 0. The van der Waals surface area contributed by atoms with Crippen molar-refractivity contribution in [2.24, 2.45) is 0 Å². The Morgan fingerprint density at radius 2 is 2.00 bits per heavy atom. The van der Waals surface area contributed by atoms with Crippen LogP contribution >= 0.6 is 0 Å². The molecule has 0 N–H and O–H groups in total. The molecule has 7 heteroatoms. The summed E-state index contributed by atoms with van der Waals surface area (Å²) < 4.78 is 44.5. The number of halogens is 3. The highest BCUT2D eigenvalue weighted by Gasteiger charge is 2.31. The Morgan fingerprint density at radius 3 is 2.53 bits per heavy atom. The zero-order chi connectivity index (χ0) is 13.1. The lowest BCUT2D eigenvalue weighted by Crippen LogP contribution is -2.19. The average molecular weight is 246 g/mol. The quantitative estimate of drug-likeness (QED) is 0.590. The number of hydrogen-bond donors (Lipinski definition) is 0. The second-order valence-corrected chi connectivity index (χ2v) is 3.30. The van der Waals surface area contributed by atoms with E-state index in [1.807, 2.05) is 0 Å². The molecule has 0 radical (unpaired) electrons. The number of esters is 1. The summed E-state index contributed by atoms with van der Waals surface area (Å²) in [6.07, 6.45) is -4.78. The van der Waals surface area contributed by atoms with Gasteiger partial charge in [-0.05, 0) is 19.1 Å². The number of carbonyl (C=O) groups is 1. The van der Waals surface area contributed by atoms with E-state index < -0.39 is 18.1 Å². The van der Waals surface area contributed by atoms with Crippen molar-refractivity contribution in [3.05, 3.63) is 23.8 Å². The minimum Gasteiger partial charge on any atom is -0.462 e. The molecule has 0 aliphatic rings. The van der Waals surface area contributed by atoms with Crippen LogP contribution in [-0.4, -0.2) is 26.8 Å². The van der Waals surface area contributed by atoms with Crippen LogP contribution in [0.5, 0.6) is 5.75 Å². The third-order valence-electron chi connectivity index (χ3n) is 1.80. The smallest absolute Gasteiger partial charge is 0.462 e. The minimum atomic E-state index is -4.78. The molecule has 0 aliphatic carbocycles. The van der Waals surface area contributed by atoms with E-state index in [9.17, 15) is 18.0 Å². The molecular weight excluding hydrogens is 236 g/mol. The first-order chi connectivity index (χ1) is 7.81. The van der Waals surface area contributed by atoms with Crippen LogP contribution in [0.4, 0.5) is 13.2 Å². The molecule has 92 valence electrons. The number of alkyl halides is 3. The number of carbonyl (C=O) groups excluding carboxylic acids is 1. The lowest BCUT2D eigenvalue weighted by Gasteiger charge is -2.11. The van der Waals surface area contributed by atoms with Gasteiger partial charge in [0.2, 0.25) is 0 Å². The van der Waals surface area contributed by atoms with Crippen molar-refractivity contribution >= 4 is 19.3 Å². The highest BCUT2D eigenvalue weighted by Crippen LogP contribution is 2.22. The van der Waals surface area contributed by atoms with Gasteiger partial charge in [-0.25, -0.2) is 4.79 Å². The van der Waals surface area contributed by atoms with Gasteiger partial charge in [0.25, 0.3) is 0 Å². The fourth-order valence-electron chi connectivity index (χ4n) is 1.27. The SMILES string of the molecule is Bc1cc(OC(F)(F)F)cc(C(=O)OCC)c1. The molecule has 0 spiro atoms. The maximum Gasteiger partial charge on any atom is 0.573 e. The lowest BCUT2D eigenvalue weighted by molar-refractivity contribution is -0.274. The molecule has 0 heterocycles. The van der Waals surface area contributed by atoms with Gasteiger partial charge in [0.1, 0.15) is 13.6 Å². The van der Waals surface area contributed by atoms with Crippen LogP contribution in [0.15, 0.2) is 18.2 Å². The normalized spacial score (nSPS) is 11.1. The van der Waals surface area contributed by atoms with E-state index >= 15 is 0 Å². The summed E-state index contributed by atoms with van der Waals surface area (Å²) in [6.45, 7) is 1.77. The number of ether oxygens (including phenoxy) is 2. The van der Waals surface area contributed by atoms with Gasteiger partial charge in [0.15, 0.2) is 0 Å². The van der Waals surface area contributed by atoms with Gasteiger partial charge in [-0.2, -0.15) is 0 Å². The molecule has 3 nitrogen and oxygen atoms in total. The fraction of sp³-hybridized carbons (Fsp3) is 0.300. The predicted molar refractivity (Wildman–Crippen MR) is 57.3 cm³/mol. The third kappa shape index (κ3) is 4.38. The molecule has 0 saturated heterocycles. The number of rotatable bonds is 3. The lowest BCUT2D eigenvalue weighted by atomic mass is 9.94. The monoisotopic (exact) mass is 246 g/mol. The van der Waals surface area contributed by atoms with E-state index in [1.165, 1.54) is 12.1 Å². The molecule has 0 amide bonds. The molecule has 0 atom stereocenters. The fourth-order valence-corrected chi connectivity index (χ4v) is 1.27. The van der Waals surface area contributed by atoms with E-state index in [4.69, 9.17) is 4.74 Å².